The van der Waals surface area contributed by atoms with E-state index in [1.54, 1.807) is 21.3 Å². The molecule has 22 heavy (non-hydrogen) atoms. The Morgan fingerprint density at radius 1 is 1.05 bits per heavy atom. The minimum Gasteiger partial charge on any atom is -0.412 e. The van der Waals surface area contributed by atoms with E-state index in [9.17, 15) is 0 Å². The molecular weight excluding hydrogens is 366 g/mol. The maximum absolute atomic E-state index is 5.36. The Morgan fingerprint density at radius 2 is 1.55 bits per heavy atom. The first-order valence-electron chi connectivity index (χ1n) is 5.97. The number of nitrogens with zero attached hydrogens (tertiary/aromatic N) is 1. The molecule has 0 aromatic heterocycles. The van der Waals surface area contributed by atoms with Gasteiger partial charge in [0.05, 0.1) is 0 Å². The van der Waals surface area contributed by atoms with E-state index < -0.39 is 8.80 Å². The molecule has 0 aliphatic heterocycles. The fourth-order valence-corrected chi connectivity index (χ4v) is 3.90. The van der Waals surface area contributed by atoms with Crippen LogP contribution in [0.1, 0.15) is 6.42 Å². The standard InChI is InChI=1S/C10H22N2O3S4Si.2Li/c1-13-20(14-2,15-3)8-4-6-12(10(18)19)7-5-11-9(16)17;;/h4-8H2,1-3H3,(H,18,19)(H2,11,16,17);;/q;2*+1/p-2. The predicted octanol–water partition coefficient (Wildman–Crippen LogP) is -5.18. The van der Waals surface area contributed by atoms with Crippen LogP contribution in [0.5, 0.6) is 0 Å². The summed E-state index contributed by atoms with van der Waals surface area (Å²) in [6, 6.07) is 0.706. The third kappa shape index (κ3) is 12.0. The SMILES string of the molecule is CO[Si](CCCN(CCNC(=S)[S-])C(=S)[S-])(OC)OC.[Li+].[Li+]. The zero-order valence-corrected chi connectivity index (χ0v) is 18.1. The summed E-state index contributed by atoms with van der Waals surface area (Å²) in [4.78, 5) is 1.92. The summed E-state index contributed by atoms with van der Waals surface area (Å²) in [7, 11) is 2.28. The van der Waals surface area contributed by atoms with Gasteiger partial charge in [0.1, 0.15) is 0 Å². The molecule has 0 aliphatic carbocycles. The van der Waals surface area contributed by atoms with Gasteiger partial charge in [0, 0.05) is 47.0 Å². The van der Waals surface area contributed by atoms with Crippen molar-refractivity contribution in [1.29, 1.82) is 0 Å². The average Bonchev–Trinajstić information content (AvgIpc) is 2.41. The Hall–Kier alpha value is 1.51. The predicted molar refractivity (Wildman–Crippen MR) is 95.7 cm³/mol. The molecule has 0 fully saturated rings. The maximum Gasteiger partial charge on any atom is 1.00 e. The first-order valence-corrected chi connectivity index (χ1v) is 9.53. The summed E-state index contributed by atoms with van der Waals surface area (Å²) in [5.74, 6) is 0. The molecular formula is C10H20Li2N2O3S4Si. The summed E-state index contributed by atoms with van der Waals surface area (Å²) in [5, 5.41) is 2.90. The minimum atomic E-state index is -2.53. The molecule has 5 nitrogen and oxygen atoms in total. The molecule has 1 N–H and O–H groups in total. The molecule has 0 unspecified atom stereocenters. The van der Waals surface area contributed by atoms with Gasteiger partial charge in [-0.1, -0.05) is 8.64 Å². The Kier molecular flexibility index (Phi) is 20.6. The van der Waals surface area contributed by atoms with Crippen LogP contribution in [0.2, 0.25) is 6.04 Å². The zero-order chi connectivity index (χ0) is 15.6. The molecule has 0 spiro atoms. The minimum absolute atomic E-state index is 0. The van der Waals surface area contributed by atoms with Crippen molar-refractivity contribution < 1.29 is 51.0 Å². The van der Waals surface area contributed by atoms with Gasteiger partial charge in [0.15, 0.2) is 0 Å². The molecule has 0 radical (unpaired) electrons. The summed E-state index contributed by atoms with van der Waals surface area (Å²) < 4.78 is 16.9. The van der Waals surface area contributed by atoms with Crippen molar-refractivity contribution in [1.82, 2.24) is 10.2 Å². The van der Waals surface area contributed by atoms with Crippen molar-refractivity contribution in [2.24, 2.45) is 0 Å². The van der Waals surface area contributed by atoms with Gasteiger partial charge in [-0.3, -0.25) is 0 Å². The molecule has 0 heterocycles. The van der Waals surface area contributed by atoms with Crippen molar-refractivity contribution in [2.75, 3.05) is 41.0 Å². The zero-order valence-electron chi connectivity index (χ0n) is 13.8. The van der Waals surface area contributed by atoms with Gasteiger partial charge in [-0.2, -0.15) is 0 Å². The van der Waals surface area contributed by atoms with E-state index in [0.717, 1.165) is 13.0 Å². The van der Waals surface area contributed by atoms with Crippen LogP contribution in [0, 0.1) is 0 Å². The fraction of sp³-hybridized carbons (Fsp3) is 0.800. The molecule has 0 rings (SSSR count). The number of thiocarbonyl (C=S) groups is 2. The van der Waals surface area contributed by atoms with Crippen molar-refractivity contribution in [2.45, 2.75) is 12.5 Å². The van der Waals surface area contributed by atoms with Crippen LogP contribution < -0.4 is 43.0 Å². The molecule has 118 valence electrons. The Bertz CT molecular complexity index is 320. The van der Waals surface area contributed by atoms with Gasteiger partial charge >= 0.3 is 46.5 Å². The molecule has 0 saturated carbocycles. The first kappa shape index (κ1) is 28.3. The normalized spacial score (nSPS) is 10.1. The van der Waals surface area contributed by atoms with Gasteiger partial charge < -0.3 is 73.2 Å². The average molecular weight is 387 g/mol. The monoisotopic (exact) mass is 386 g/mol. The van der Waals surface area contributed by atoms with Crippen LogP contribution in [-0.4, -0.2) is 63.3 Å². The third-order valence-electron chi connectivity index (χ3n) is 2.75. The Morgan fingerprint density at radius 3 is 1.91 bits per heavy atom. The van der Waals surface area contributed by atoms with Gasteiger partial charge in [0.2, 0.25) is 0 Å². The number of hydrogen-bond donors (Lipinski definition) is 1. The topological polar surface area (TPSA) is 43.0 Å². The first-order chi connectivity index (χ1) is 9.40. The van der Waals surface area contributed by atoms with Crippen molar-refractivity contribution in [3.63, 3.8) is 0 Å². The van der Waals surface area contributed by atoms with Crippen LogP contribution in [-0.2, 0) is 38.5 Å². The largest absolute Gasteiger partial charge is 1.00 e. The molecule has 0 atom stereocenters. The van der Waals surface area contributed by atoms with E-state index in [1.165, 1.54) is 0 Å². The van der Waals surface area contributed by atoms with Crippen molar-refractivity contribution in [3.8, 4) is 0 Å². The third-order valence-corrected chi connectivity index (χ3v) is 6.39. The molecule has 0 saturated heterocycles. The quantitative estimate of drug-likeness (QED) is 0.226. The molecule has 0 aliphatic rings. The second-order valence-corrected chi connectivity index (χ2v) is 9.06. The van der Waals surface area contributed by atoms with Crippen LogP contribution >= 0.6 is 24.4 Å². The number of rotatable bonds is 10. The Balaban J connectivity index is -0.00000180. The Labute approximate surface area is 180 Å². The number of nitrogens with one attached hydrogen (secondary N) is 1. The van der Waals surface area contributed by atoms with Gasteiger partial charge in [-0.15, -0.1) is 0 Å². The molecule has 0 aromatic rings. The maximum atomic E-state index is 5.36. The summed E-state index contributed by atoms with van der Waals surface area (Å²) in [5.41, 5.74) is 0. The molecule has 0 bridgehead atoms. The molecule has 12 heteroatoms. The van der Waals surface area contributed by atoms with Gasteiger partial charge in [-0.25, -0.2) is 0 Å². The van der Waals surface area contributed by atoms with E-state index >= 15 is 0 Å². The van der Waals surface area contributed by atoms with Crippen LogP contribution in [0.15, 0.2) is 0 Å². The van der Waals surface area contributed by atoms with E-state index in [-0.39, 0.29) is 37.7 Å². The van der Waals surface area contributed by atoms with E-state index in [1.807, 2.05) is 4.90 Å². The van der Waals surface area contributed by atoms with E-state index in [4.69, 9.17) is 63.0 Å². The molecule has 0 amide bonds. The van der Waals surface area contributed by atoms with E-state index in [0.29, 0.717) is 27.8 Å². The summed E-state index contributed by atoms with van der Waals surface area (Å²) >= 11 is 19.7. The fourth-order valence-electron chi connectivity index (χ4n) is 1.63. The summed E-state index contributed by atoms with van der Waals surface area (Å²) in [6.07, 6.45) is 0.816. The van der Waals surface area contributed by atoms with Crippen LogP contribution in [0.3, 0.4) is 0 Å². The second kappa shape index (κ2) is 16.0. The summed E-state index contributed by atoms with van der Waals surface area (Å²) in [6.45, 7) is 2.01. The van der Waals surface area contributed by atoms with Crippen LogP contribution in [0.25, 0.3) is 0 Å². The molecule has 0 aromatic carbocycles. The van der Waals surface area contributed by atoms with Crippen molar-refractivity contribution in [3.05, 3.63) is 0 Å². The van der Waals surface area contributed by atoms with Crippen molar-refractivity contribution >= 4 is 67.1 Å². The number of hydrogen-bond acceptors (Lipinski definition) is 7. The van der Waals surface area contributed by atoms with Gasteiger partial charge in [0.25, 0.3) is 0 Å². The second-order valence-electron chi connectivity index (χ2n) is 3.87. The van der Waals surface area contributed by atoms with Gasteiger partial charge in [-0.05, 0) is 6.42 Å². The smallest absolute Gasteiger partial charge is 0.412 e. The van der Waals surface area contributed by atoms with E-state index in [2.05, 4.69) is 5.32 Å². The van der Waals surface area contributed by atoms with Crippen LogP contribution in [0.4, 0.5) is 0 Å².